The maximum atomic E-state index is 12.8. The molecule has 5 N–H and O–H groups in total. The van der Waals surface area contributed by atoms with Gasteiger partial charge in [0.2, 0.25) is 44.6 Å². The molecule has 0 aliphatic carbocycles. The number of phenols is 2. The first-order valence-corrected chi connectivity index (χ1v) is 36.3. The summed E-state index contributed by atoms with van der Waals surface area (Å²) in [6, 6.07) is 44.1. The molecule has 8 aromatic carbocycles. The van der Waals surface area contributed by atoms with Crippen LogP contribution in [0.4, 0.5) is 0 Å². The zero-order valence-corrected chi connectivity index (χ0v) is 71.4. The Hall–Kier alpha value is -5.17. The van der Waals surface area contributed by atoms with Gasteiger partial charge in [-0.25, -0.2) is 43.3 Å². The summed E-state index contributed by atoms with van der Waals surface area (Å²) in [7, 11) is -14.6. The summed E-state index contributed by atoms with van der Waals surface area (Å²) in [4.78, 5) is 34.5. The Balaban J connectivity index is 0. The van der Waals surface area contributed by atoms with Crippen molar-refractivity contribution in [1.82, 2.24) is 4.90 Å². The number of sulfone groups is 4. The quantitative estimate of drug-likeness (QED) is 0.0161. The molecule has 33 heteroatoms. The van der Waals surface area contributed by atoms with Gasteiger partial charge in [0.25, 0.3) is 0 Å². The smallest absolute Gasteiger partial charge is 0.872 e. The average Bonchev–Trinajstić information content (AvgIpc) is 0.820. The van der Waals surface area contributed by atoms with Gasteiger partial charge < -0.3 is 69.4 Å². The van der Waals surface area contributed by atoms with Gasteiger partial charge in [-0.2, -0.15) is 0 Å². The van der Waals surface area contributed by atoms with E-state index in [0.717, 1.165) is 18.2 Å². The molecule has 8 aromatic rings. The van der Waals surface area contributed by atoms with E-state index in [-0.39, 0.29) is 275 Å². The van der Waals surface area contributed by atoms with Gasteiger partial charge in [0, 0.05) is 12.2 Å². The molecule has 0 bridgehead atoms. The number of carbonyl (C=O) groups is 3. The van der Waals surface area contributed by atoms with E-state index in [9.17, 15) is 58.3 Å². The number of phenolic OH excluding ortho intramolecular Hbond substituents is 2. The van der Waals surface area contributed by atoms with Crippen LogP contribution in [0.2, 0.25) is 0 Å². The fraction of sp³-hybridized carbons (Fsp3) is 0.197. The van der Waals surface area contributed by atoms with E-state index < -0.39 is 56.5 Å². The Morgan fingerprint density at radius 1 is 0.375 bits per heavy atom. The number of rotatable bonds is 28. The van der Waals surface area contributed by atoms with Gasteiger partial charge in [-0.3, -0.25) is 4.79 Å². The van der Waals surface area contributed by atoms with Crippen LogP contribution in [0.5, 0.6) is 46.0 Å². The topological polar surface area (TPSA) is 403 Å². The van der Waals surface area contributed by atoms with Crippen LogP contribution in [0, 0.1) is 0 Å². The van der Waals surface area contributed by atoms with Crippen LogP contribution in [0.15, 0.2) is 271 Å². The number of halogens is 1. The molecular weight excluding hydrogens is 1530 g/mol. The van der Waals surface area contributed by atoms with E-state index in [1.165, 1.54) is 189 Å². The van der Waals surface area contributed by atoms with Crippen LogP contribution >= 0.6 is 11.6 Å². The Kier molecular flexibility index (Phi) is 52.0. The van der Waals surface area contributed by atoms with Crippen molar-refractivity contribution in [2.24, 2.45) is 0 Å². The molecule has 544 valence electrons. The molecule has 0 aromatic heterocycles. The molecular formula is C71H77ClK3NO24S4. The predicted octanol–water partition coefficient (Wildman–Crippen LogP) is -0.285. The maximum Gasteiger partial charge on any atom is 1.00 e. The number of ether oxygens (including phenoxy) is 6. The number of nitrogens with zero attached hydrogens (tertiary/aromatic N) is 1. The fourth-order valence-electron chi connectivity index (χ4n) is 7.61. The Labute approximate surface area is 739 Å². The van der Waals surface area contributed by atoms with Crippen molar-refractivity contribution in [3.8, 4) is 46.0 Å². The summed E-state index contributed by atoms with van der Waals surface area (Å²) in [5, 5.41) is 56.9. The SMILES string of the molecule is C=CC(=O)Cl.C=CC(=O)OCCOc1ccc(S(=O)(=O)c2ccc(OCCOC(=O)C=C)cc2)cc1.CCN(CC)CC.O=S(=O)(c1ccc(O)cc1)c1ccc(O)cc1.O=S(=O)(c1ccc(OCCO)cc1)c1ccc(OCCO)cc1.O=S(=O)(c1ccc([O-])cc1)c1ccc([O-])cc1.[K+].[K+].[K+].[OH-]. The molecule has 0 aliphatic rings. The van der Waals surface area contributed by atoms with E-state index in [4.69, 9.17) is 60.4 Å². The molecule has 0 unspecified atom stereocenters. The second-order valence-electron chi connectivity index (χ2n) is 19.5. The first-order chi connectivity index (χ1) is 47.5. The first-order valence-electron chi connectivity index (χ1n) is 29.9. The second-order valence-corrected chi connectivity index (χ2v) is 27.7. The minimum atomic E-state index is -3.72. The molecule has 0 fully saturated rings. The zero-order chi connectivity index (χ0) is 74.3. The normalized spacial score (nSPS) is 10.3. The summed E-state index contributed by atoms with van der Waals surface area (Å²) < 4.78 is 130. The number of esters is 2. The molecule has 25 nitrogen and oxygen atoms in total. The van der Waals surface area contributed by atoms with Gasteiger partial charge in [0.15, 0.2) is 0 Å². The number of benzene rings is 8. The van der Waals surface area contributed by atoms with Crippen LogP contribution in [-0.2, 0) is 63.2 Å². The molecule has 0 amide bonds. The van der Waals surface area contributed by atoms with Crippen LogP contribution in [-0.4, -0.2) is 154 Å². The van der Waals surface area contributed by atoms with Gasteiger partial charge in [-0.1, -0.05) is 64.8 Å². The largest absolute Gasteiger partial charge is 1.00 e. The van der Waals surface area contributed by atoms with Gasteiger partial charge in [-0.05, 0) is 207 Å². The summed E-state index contributed by atoms with van der Waals surface area (Å²) in [6.07, 6.45) is 3.15. The van der Waals surface area contributed by atoms with Crippen molar-refractivity contribution in [1.29, 1.82) is 0 Å². The molecule has 0 spiro atoms. The molecule has 0 atom stereocenters. The van der Waals surface area contributed by atoms with E-state index >= 15 is 0 Å². The van der Waals surface area contributed by atoms with Crippen LogP contribution in [0.1, 0.15) is 20.8 Å². The van der Waals surface area contributed by atoms with Crippen LogP contribution in [0.3, 0.4) is 0 Å². The minimum Gasteiger partial charge on any atom is -0.872 e. The number of aromatic hydroxyl groups is 2. The van der Waals surface area contributed by atoms with Crippen LogP contribution < -0.4 is 183 Å². The molecule has 0 aliphatic heterocycles. The molecule has 104 heavy (non-hydrogen) atoms. The molecule has 0 heterocycles. The van der Waals surface area contributed by atoms with Crippen LogP contribution in [0.25, 0.3) is 0 Å². The fourth-order valence-corrected chi connectivity index (χ4v) is 12.7. The second kappa shape index (κ2) is 53.6. The number of aliphatic hydroxyl groups is 2. The summed E-state index contributed by atoms with van der Waals surface area (Å²) in [5.74, 6) is 0.290. The van der Waals surface area contributed by atoms with Crippen molar-refractivity contribution in [3.63, 3.8) is 0 Å². The average molecular weight is 1610 g/mol. The summed E-state index contributed by atoms with van der Waals surface area (Å²) >= 11 is 4.71. The molecule has 0 saturated heterocycles. The van der Waals surface area contributed by atoms with E-state index in [1.807, 2.05) is 0 Å². The number of carbonyl (C=O) groups excluding carboxylic acids is 3. The summed E-state index contributed by atoms with van der Waals surface area (Å²) in [6.45, 7) is 20.2. The van der Waals surface area contributed by atoms with Crippen molar-refractivity contribution in [2.75, 3.05) is 72.5 Å². The third-order valence-corrected chi connectivity index (χ3v) is 20.1. The Morgan fingerprint density at radius 3 is 0.740 bits per heavy atom. The van der Waals surface area contributed by atoms with E-state index in [2.05, 4.69) is 45.4 Å². The van der Waals surface area contributed by atoms with Crippen molar-refractivity contribution < 1.29 is 267 Å². The third-order valence-electron chi connectivity index (χ3n) is 12.8. The maximum absolute atomic E-state index is 12.8. The third kappa shape index (κ3) is 36.2. The zero-order valence-electron chi connectivity index (χ0n) is 58.1. The molecule has 0 saturated carbocycles. The number of hydrogen-bond acceptors (Lipinski definition) is 25. The Bertz CT molecular complexity index is 3960. The standard InChI is InChI=1S/C22H22O8S.C16H18O6S.2C12H10O4S.C6H15N.C3H3ClO.3K.H2O/c1-3-21(23)29-15-13-27-17-5-9-19(10-6-17)31(25,26)20-11-7-18(8-12-20)28-14-16-30-22(24)4-2;17-9-11-21-13-1-5-15(6-2-13)23(19,20)16-7-3-14(4-8-16)22-12-10-18;2*13-9-1-5-11(6-2-9)17(15,16)12-7-3-10(14)4-8-12;1-4-7(5-2)6-3;1-2-3(4)5;;;;/h3-12H,1-2,13-16H2;1-8,17-18H,9-12H2;2*1-8,13-14H;4-6H2,1-3H3;2H,1H2;;;;1H2/q;;;;;;3*+1;/p-3. The minimum absolute atomic E-state index is 0. The van der Waals surface area contributed by atoms with Crippen molar-refractivity contribution in [2.45, 2.75) is 59.9 Å². The predicted molar refractivity (Wildman–Crippen MR) is 370 cm³/mol. The molecule has 0 radical (unpaired) electrons. The van der Waals surface area contributed by atoms with Crippen molar-refractivity contribution >= 4 is 68.1 Å². The Morgan fingerprint density at radius 2 is 0.567 bits per heavy atom. The monoisotopic (exact) mass is 1610 g/mol. The van der Waals surface area contributed by atoms with Gasteiger partial charge in [0.05, 0.1) is 52.4 Å². The molecule has 8 rings (SSSR count). The van der Waals surface area contributed by atoms with E-state index in [0.29, 0.717) is 23.0 Å². The number of aliphatic hydroxyl groups excluding tert-OH is 2. The van der Waals surface area contributed by atoms with Crippen molar-refractivity contribution in [3.05, 3.63) is 232 Å². The number of allylic oxidation sites excluding steroid dienone is 1. The number of hydrogen-bond donors (Lipinski definition) is 4. The first kappa shape index (κ1) is 101. The van der Waals surface area contributed by atoms with E-state index in [1.54, 1.807) is 24.3 Å². The van der Waals surface area contributed by atoms with Gasteiger partial charge in [-0.15, -0.1) is 11.5 Å². The van der Waals surface area contributed by atoms with Gasteiger partial charge >= 0.3 is 166 Å². The summed E-state index contributed by atoms with van der Waals surface area (Å²) in [5.41, 5.74) is 0. The van der Waals surface area contributed by atoms with Gasteiger partial charge in [0.1, 0.15) is 74.1 Å².